The van der Waals surface area contributed by atoms with E-state index in [4.69, 9.17) is 0 Å². The second-order valence-corrected chi connectivity index (χ2v) is 4.25. The summed E-state index contributed by atoms with van der Waals surface area (Å²) in [7, 11) is 0. The largest absolute Gasteiger partial charge is 0.348 e. The van der Waals surface area contributed by atoms with Gasteiger partial charge < -0.3 is 4.98 Å². The summed E-state index contributed by atoms with van der Waals surface area (Å²) in [6.07, 6.45) is 0. The predicted octanol–water partition coefficient (Wildman–Crippen LogP) is 1.86. The van der Waals surface area contributed by atoms with Crippen LogP contribution in [0.25, 0.3) is 16.9 Å². The Kier molecular flexibility index (Phi) is 2.63. The molecule has 96 valence electrons. The van der Waals surface area contributed by atoms with E-state index in [1.807, 2.05) is 0 Å². The lowest BCUT2D eigenvalue weighted by molar-refractivity contribution is 0.485. The third kappa shape index (κ3) is 2.01. The molecule has 6 heteroatoms. The molecular formula is C13H11FN4O. The highest BCUT2D eigenvalue weighted by Gasteiger charge is 2.07. The van der Waals surface area contributed by atoms with Gasteiger partial charge in [0.2, 0.25) is 0 Å². The Morgan fingerprint density at radius 3 is 2.74 bits per heavy atom. The van der Waals surface area contributed by atoms with E-state index in [0.717, 1.165) is 5.56 Å². The van der Waals surface area contributed by atoms with Crippen LogP contribution in [0.4, 0.5) is 4.39 Å². The smallest absolute Gasteiger partial charge is 0.305 e. The van der Waals surface area contributed by atoms with Gasteiger partial charge in [-0.3, -0.25) is 0 Å². The van der Waals surface area contributed by atoms with Crippen molar-refractivity contribution in [1.82, 2.24) is 19.6 Å². The number of alkyl halides is 1. The Bertz CT molecular complexity index is 789. The summed E-state index contributed by atoms with van der Waals surface area (Å²) in [5.41, 5.74) is 2.19. The number of halogens is 1. The zero-order valence-electron chi connectivity index (χ0n) is 10.2. The third-order valence-corrected chi connectivity index (χ3v) is 2.86. The minimum absolute atomic E-state index is 0.345. The number of rotatable bonds is 2. The minimum atomic E-state index is -0.501. The fourth-order valence-corrected chi connectivity index (χ4v) is 1.94. The van der Waals surface area contributed by atoms with Gasteiger partial charge in [0.25, 0.3) is 0 Å². The van der Waals surface area contributed by atoms with Crippen LogP contribution in [0.2, 0.25) is 0 Å². The van der Waals surface area contributed by atoms with E-state index in [1.54, 1.807) is 37.3 Å². The molecule has 0 atom stereocenters. The quantitative estimate of drug-likeness (QED) is 0.763. The highest BCUT2D eigenvalue weighted by Crippen LogP contribution is 2.17. The zero-order chi connectivity index (χ0) is 13.4. The zero-order valence-corrected chi connectivity index (χ0v) is 10.2. The summed E-state index contributed by atoms with van der Waals surface area (Å²) in [5, 5.41) is 3.99. The number of aromatic amines is 1. The van der Waals surface area contributed by atoms with E-state index < -0.39 is 6.67 Å². The first-order valence-corrected chi connectivity index (χ1v) is 5.79. The molecule has 0 bridgehead atoms. The second kappa shape index (κ2) is 4.31. The van der Waals surface area contributed by atoms with E-state index in [1.165, 1.54) is 4.52 Å². The minimum Gasteiger partial charge on any atom is -0.305 e. The van der Waals surface area contributed by atoms with Crippen molar-refractivity contribution in [3.05, 3.63) is 52.2 Å². The van der Waals surface area contributed by atoms with Crippen molar-refractivity contribution in [2.75, 3.05) is 0 Å². The topological polar surface area (TPSA) is 63.0 Å². The lowest BCUT2D eigenvalue weighted by Gasteiger charge is -2.02. The maximum absolute atomic E-state index is 12.5. The van der Waals surface area contributed by atoms with Crippen molar-refractivity contribution in [3.8, 4) is 11.3 Å². The lowest BCUT2D eigenvalue weighted by atomic mass is 10.1. The second-order valence-electron chi connectivity index (χ2n) is 4.25. The average molecular weight is 258 g/mol. The molecule has 0 amide bonds. The number of nitrogens with zero attached hydrogens (tertiary/aromatic N) is 3. The molecule has 0 saturated heterocycles. The summed E-state index contributed by atoms with van der Waals surface area (Å²) >= 11 is 0. The maximum atomic E-state index is 12.5. The first-order valence-electron chi connectivity index (χ1n) is 5.79. The number of hydrogen-bond donors (Lipinski definition) is 1. The molecule has 0 spiro atoms. The molecule has 3 rings (SSSR count). The number of H-pyrrole nitrogens is 1. The number of hydrogen-bond acceptors (Lipinski definition) is 3. The van der Waals surface area contributed by atoms with Crippen molar-refractivity contribution in [2.24, 2.45) is 0 Å². The molecule has 0 aliphatic rings. The van der Waals surface area contributed by atoms with Gasteiger partial charge in [-0.1, -0.05) is 24.3 Å². The summed E-state index contributed by atoms with van der Waals surface area (Å²) in [5.74, 6) is 0.537. The SMILES string of the molecule is Cc1nc2cc(-c3ccc(CF)cc3)[nH]c(=O)n2n1. The van der Waals surface area contributed by atoms with E-state index in [9.17, 15) is 9.18 Å². The van der Waals surface area contributed by atoms with Crippen LogP contribution in [0.3, 0.4) is 0 Å². The first kappa shape index (κ1) is 11.6. The number of nitrogens with one attached hydrogen (secondary N) is 1. The number of benzene rings is 1. The Morgan fingerprint density at radius 2 is 2.05 bits per heavy atom. The van der Waals surface area contributed by atoms with E-state index in [2.05, 4.69) is 15.1 Å². The molecular weight excluding hydrogens is 247 g/mol. The fraction of sp³-hybridized carbons (Fsp3) is 0.154. The molecule has 0 saturated carbocycles. The Labute approximate surface area is 107 Å². The van der Waals surface area contributed by atoms with Crippen molar-refractivity contribution in [3.63, 3.8) is 0 Å². The average Bonchev–Trinajstić information content (AvgIpc) is 2.80. The molecule has 19 heavy (non-hydrogen) atoms. The summed E-state index contributed by atoms with van der Waals surface area (Å²) in [4.78, 5) is 18.7. The third-order valence-electron chi connectivity index (χ3n) is 2.86. The normalized spacial score (nSPS) is 11.1. The molecule has 0 aliphatic heterocycles. The van der Waals surface area contributed by atoms with Crippen LogP contribution in [0.1, 0.15) is 11.4 Å². The molecule has 0 aliphatic carbocycles. The lowest BCUT2D eigenvalue weighted by Crippen LogP contribution is -2.17. The van der Waals surface area contributed by atoms with Crippen molar-refractivity contribution < 1.29 is 4.39 Å². The Hall–Kier alpha value is -2.50. The van der Waals surface area contributed by atoms with Gasteiger partial charge in [0, 0.05) is 6.07 Å². The van der Waals surface area contributed by atoms with Gasteiger partial charge in [-0.05, 0) is 18.1 Å². The van der Waals surface area contributed by atoms with Gasteiger partial charge in [0.1, 0.15) is 12.5 Å². The molecule has 5 nitrogen and oxygen atoms in total. The monoisotopic (exact) mass is 258 g/mol. The molecule has 0 unspecified atom stereocenters. The predicted molar refractivity (Wildman–Crippen MR) is 68.6 cm³/mol. The van der Waals surface area contributed by atoms with Crippen molar-refractivity contribution >= 4 is 5.65 Å². The maximum Gasteiger partial charge on any atom is 0.348 e. The van der Waals surface area contributed by atoms with Gasteiger partial charge in [0.05, 0.1) is 5.69 Å². The summed E-state index contributed by atoms with van der Waals surface area (Å²) in [6.45, 7) is 1.22. The van der Waals surface area contributed by atoms with Crippen LogP contribution in [0.15, 0.2) is 35.1 Å². The van der Waals surface area contributed by atoms with Gasteiger partial charge in [-0.2, -0.15) is 4.52 Å². The molecule has 3 aromatic rings. The number of aromatic nitrogens is 4. The standard InChI is InChI=1S/C13H11FN4O/c1-8-15-12-6-11(16-13(19)18(12)17-8)10-4-2-9(7-14)3-5-10/h2-6H,7H2,1H3,(H,16,19). The highest BCUT2D eigenvalue weighted by atomic mass is 19.1. The van der Waals surface area contributed by atoms with E-state index in [0.29, 0.717) is 22.7 Å². The van der Waals surface area contributed by atoms with Gasteiger partial charge >= 0.3 is 5.69 Å². The molecule has 1 N–H and O–H groups in total. The molecule has 2 heterocycles. The van der Waals surface area contributed by atoms with Crippen LogP contribution in [-0.2, 0) is 6.67 Å². The molecule has 0 fully saturated rings. The molecule has 2 aromatic heterocycles. The first-order chi connectivity index (χ1) is 9.17. The van der Waals surface area contributed by atoms with Crippen molar-refractivity contribution in [2.45, 2.75) is 13.6 Å². The Balaban J connectivity index is 2.16. The van der Waals surface area contributed by atoms with Crippen LogP contribution in [0.5, 0.6) is 0 Å². The highest BCUT2D eigenvalue weighted by molar-refractivity contribution is 5.63. The van der Waals surface area contributed by atoms with Crippen LogP contribution < -0.4 is 5.69 Å². The van der Waals surface area contributed by atoms with Gasteiger partial charge in [0.15, 0.2) is 5.65 Å². The van der Waals surface area contributed by atoms with E-state index in [-0.39, 0.29) is 5.69 Å². The van der Waals surface area contributed by atoms with Crippen molar-refractivity contribution in [1.29, 1.82) is 0 Å². The van der Waals surface area contributed by atoms with Crippen LogP contribution >= 0.6 is 0 Å². The molecule has 1 aromatic carbocycles. The van der Waals surface area contributed by atoms with E-state index >= 15 is 0 Å². The Morgan fingerprint density at radius 1 is 1.32 bits per heavy atom. The molecule has 0 radical (unpaired) electrons. The number of aryl methyl sites for hydroxylation is 1. The summed E-state index contributed by atoms with van der Waals surface area (Å²) < 4.78 is 13.7. The van der Waals surface area contributed by atoms with Gasteiger partial charge in [-0.25, -0.2) is 14.2 Å². The van der Waals surface area contributed by atoms with Gasteiger partial charge in [-0.15, -0.1) is 5.10 Å². The van der Waals surface area contributed by atoms with Crippen LogP contribution in [-0.4, -0.2) is 19.6 Å². The fourth-order valence-electron chi connectivity index (χ4n) is 1.94. The summed E-state index contributed by atoms with van der Waals surface area (Å²) in [6, 6.07) is 8.64. The number of fused-ring (bicyclic) bond motifs is 1. The van der Waals surface area contributed by atoms with Crippen LogP contribution in [0, 0.1) is 6.92 Å².